The number of hydrogen-bond acceptors (Lipinski definition) is 15. The van der Waals surface area contributed by atoms with Gasteiger partial charge in [-0.05, 0) is 106 Å². The van der Waals surface area contributed by atoms with Gasteiger partial charge < -0.3 is 64.7 Å². The number of rotatable bonds is 21. The lowest BCUT2D eigenvalue weighted by Crippen LogP contribution is -2.62. The van der Waals surface area contributed by atoms with E-state index < -0.39 is 174 Å². The normalized spacial score (nSPS) is 24.4. The minimum Gasteiger partial charge on any atom is -0.391 e. The standard InChI is InChI=1S/C87H132N12O15/c1-22-57(8)76-86(113)96(19)68(46-55(4)5)79(106)89-77(61(12)100)87(114)92(15)60(11)81(108)97(20)70(50-63-37-29-24-30-38-63)85(112)98(21)71(51-64-39-31-25-32-40-64)84(111)95(18)66(45-54(2)3)73(102)52-65(53-75(104)90(13)44-41-74(103)93(16)69(47-56(6)7)83(110)91(14)59(10)78(105)88-76)82(109)94(17)67(49-62-35-27-23-28-36-62)72(101)48-58(9)80(107)99-42-33-26-34-43-99/h23-25,27-32,35-40,54-61,65-71,76-77,100H,22,26,33-34,41-53H2,1-21H3,(H,88,105)(H,89,106)/t57-,58+,59-,60-,61+,65-,66-,67-,68-,69-,70-,71-,76-,77-/m0/s1. The van der Waals surface area contributed by atoms with E-state index in [1.165, 1.54) is 123 Å². The molecule has 12 amide bonds. The Morgan fingerprint density at radius 2 is 0.904 bits per heavy atom. The number of Topliss-reactive ketones (excluding diaryl/α,β-unsaturated/α-hetero) is 2. The minimum absolute atomic E-state index is 0.00881. The van der Waals surface area contributed by atoms with Crippen molar-refractivity contribution in [2.75, 3.05) is 83.1 Å². The molecule has 27 nitrogen and oxygen atoms in total. The fourth-order valence-electron chi connectivity index (χ4n) is 15.0. The van der Waals surface area contributed by atoms with E-state index in [-0.39, 0.29) is 81.6 Å². The molecule has 0 aliphatic carbocycles. The zero-order chi connectivity index (χ0) is 85.4. The minimum atomic E-state index is -1.70. The summed E-state index contributed by atoms with van der Waals surface area (Å²) in [6.45, 7) is 21.4. The maximum atomic E-state index is 16.0. The number of nitrogens with one attached hydrogen (secondary N) is 2. The molecule has 0 unspecified atom stereocenters. The number of likely N-dealkylation sites (N-methyl/N-ethyl adjacent to an activating group) is 8. The Bertz CT molecular complexity index is 3760. The van der Waals surface area contributed by atoms with Crippen LogP contribution in [-0.4, -0.2) is 286 Å². The lowest BCUT2D eigenvalue weighted by molar-refractivity contribution is -0.154. The van der Waals surface area contributed by atoms with Crippen LogP contribution in [0.15, 0.2) is 91.0 Å². The van der Waals surface area contributed by atoms with Gasteiger partial charge in [0, 0.05) is 128 Å². The molecule has 2 fully saturated rings. The van der Waals surface area contributed by atoms with Gasteiger partial charge in [-0.1, -0.05) is 160 Å². The zero-order valence-corrected chi connectivity index (χ0v) is 71.6. The van der Waals surface area contributed by atoms with Crippen molar-refractivity contribution >= 4 is 82.5 Å². The van der Waals surface area contributed by atoms with Gasteiger partial charge in [-0.25, -0.2) is 0 Å². The smallest absolute Gasteiger partial charge is 0.248 e. The van der Waals surface area contributed by atoms with Crippen LogP contribution in [0.25, 0.3) is 0 Å². The summed E-state index contributed by atoms with van der Waals surface area (Å²) in [7, 11) is 12.7. The van der Waals surface area contributed by atoms with E-state index in [4.69, 9.17) is 0 Å². The number of carbonyl (C=O) groups excluding carboxylic acids is 14. The Balaban J connectivity index is 1.72. The van der Waals surface area contributed by atoms with Crippen molar-refractivity contribution in [2.24, 2.45) is 35.5 Å². The molecular weight excluding hydrogens is 1450 g/mol. The quantitative estimate of drug-likeness (QED) is 0.105. The van der Waals surface area contributed by atoms with Crippen molar-refractivity contribution in [1.29, 1.82) is 0 Å². The van der Waals surface area contributed by atoms with E-state index in [0.717, 1.165) is 24.2 Å². The number of carbonyl (C=O) groups is 14. The van der Waals surface area contributed by atoms with Gasteiger partial charge in [0.15, 0.2) is 11.6 Å². The molecule has 5 rings (SSSR count). The first kappa shape index (κ1) is 95.2. The van der Waals surface area contributed by atoms with E-state index in [0.29, 0.717) is 36.2 Å². The summed E-state index contributed by atoms with van der Waals surface area (Å²) in [6, 6.07) is 13.4. The molecule has 27 heteroatoms. The summed E-state index contributed by atoms with van der Waals surface area (Å²) in [5.41, 5.74) is 1.93. The number of piperidine rings is 1. The molecule has 630 valence electrons. The van der Waals surface area contributed by atoms with Crippen LogP contribution in [0.4, 0.5) is 0 Å². The Hall–Kier alpha value is -9.40. The highest BCUT2D eigenvalue weighted by Gasteiger charge is 2.45. The molecule has 0 aromatic heterocycles. The van der Waals surface area contributed by atoms with Crippen LogP contribution in [0, 0.1) is 35.5 Å². The fraction of sp³-hybridized carbons (Fsp3) is 0.632. The summed E-state index contributed by atoms with van der Waals surface area (Å²) in [6.07, 6.45) is -0.369. The molecule has 2 aliphatic rings. The van der Waals surface area contributed by atoms with Crippen LogP contribution >= 0.6 is 0 Å². The van der Waals surface area contributed by atoms with Crippen LogP contribution in [0.3, 0.4) is 0 Å². The Morgan fingerprint density at radius 3 is 1.39 bits per heavy atom. The number of aliphatic hydroxyl groups is 1. The highest BCUT2D eigenvalue weighted by atomic mass is 16.3. The van der Waals surface area contributed by atoms with E-state index in [1.54, 1.807) is 104 Å². The molecule has 2 heterocycles. The van der Waals surface area contributed by atoms with Crippen molar-refractivity contribution in [3.8, 4) is 0 Å². The summed E-state index contributed by atoms with van der Waals surface area (Å²) in [5, 5.41) is 16.9. The second-order valence-corrected chi connectivity index (χ2v) is 33.2. The van der Waals surface area contributed by atoms with E-state index >= 15 is 33.6 Å². The van der Waals surface area contributed by atoms with Crippen molar-refractivity contribution in [1.82, 2.24) is 59.6 Å². The summed E-state index contributed by atoms with van der Waals surface area (Å²) < 4.78 is 0. The van der Waals surface area contributed by atoms with Crippen LogP contribution in [-0.2, 0) is 86.4 Å². The van der Waals surface area contributed by atoms with Gasteiger partial charge in [-0.3, -0.25) is 67.1 Å². The predicted octanol–water partition coefficient (Wildman–Crippen LogP) is 6.34. The second-order valence-electron chi connectivity index (χ2n) is 33.2. The number of nitrogens with zero attached hydrogens (tertiary/aromatic N) is 10. The van der Waals surface area contributed by atoms with Gasteiger partial charge in [0.25, 0.3) is 0 Å². The number of aliphatic hydroxyl groups excluding tert-OH is 1. The highest BCUT2D eigenvalue weighted by molar-refractivity contribution is 6.01. The topological polar surface area (TPSA) is 316 Å². The number of ketones is 2. The Morgan fingerprint density at radius 1 is 0.474 bits per heavy atom. The first-order chi connectivity index (χ1) is 53.6. The molecule has 0 spiro atoms. The number of likely N-dealkylation sites (tertiary alicyclic amines) is 1. The van der Waals surface area contributed by atoms with Crippen molar-refractivity contribution in [3.05, 3.63) is 108 Å². The molecule has 14 atom stereocenters. The van der Waals surface area contributed by atoms with E-state index in [1.807, 2.05) is 54.5 Å². The molecular formula is C87H132N12O15. The van der Waals surface area contributed by atoms with Crippen molar-refractivity contribution < 1.29 is 72.2 Å². The molecule has 3 aromatic rings. The van der Waals surface area contributed by atoms with Crippen LogP contribution in [0.1, 0.15) is 170 Å². The molecule has 3 aromatic carbocycles. The third-order valence-electron chi connectivity index (χ3n) is 23.1. The third kappa shape index (κ3) is 26.1. The zero-order valence-electron chi connectivity index (χ0n) is 71.6. The van der Waals surface area contributed by atoms with Gasteiger partial charge in [0.1, 0.15) is 48.3 Å². The van der Waals surface area contributed by atoms with E-state index in [9.17, 15) is 38.7 Å². The van der Waals surface area contributed by atoms with Crippen molar-refractivity contribution in [2.45, 2.75) is 239 Å². The number of hydrogen-bond donors (Lipinski definition) is 3. The lowest BCUT2D eigenvalue weighted by atomic mass is 9.88. The third-order valence-corrected chi connectivity index (χ3v) is 23.1. The molecule has 2 aliphatic heterocycles. The molecule has 0 bridgehead atoms. The van der Waals surface area contributed by atoms with Crippen LogP contribution in [0.5, 0.6) is 0 Å². The number of amides is 12. The lowest BCUT2D eigenvalue weighted by Gasteiger charge is -2.39. The van der Waals surface area contributed by atoms with Gasteiger partial charge in [0.05, 0.1) is 24.1 Å². The fourth-order valence-corrected chi connectivity index (χ4v) is 15.0. The first-order valence-electron chi connectivity index (χ1n) is 40.7. The molecule has 3 N–H and O–H groups in total. The highest BCUT2D eigenvalue weighted by Crippen LogP contribution is 2.28. The Labute approximate surface area is 676 Å². The summed E-state index contributed by atoms with van der Waals surface area (Å²) >= 11 is 0. The molecule has 114 heavy (non-hydrogen) atoms. The average molecular weight is 1590 g/mol. The van der Waals surface area contributed by atoms with Gasteiger partial charge in [-0.15, -0.1) is 0 Å². The van der Waals surface area contributed by atoms with Crippen molar-refractivity contribution in [3.63, 3.8) is 0 Å². The van der Waals surface area contributed by atoms with Crippen LogP contribution in [0.2, 0.25) is 0 Å². The summed E-state index contributed by atoms with van der Waals surface area (Å²) in [5.74, 6) is -12.6. The maximum Gasteiger partial charge on any atom is 0.248 e. The molecule has 2 saturated heterocycles. The Kier molecular flexibility index (Phi) is 37.1. The average Bonchev–Trinajstić information content (AvgIpc) is 0.815. The maximum absolute atomic E-state index is 16.0. The molecule has 0 saturated carbocycles. The predicted molar refractivity (Wildman–Crippen MR) is 437 cm³/mol. The summed E-state index contributed by atoms with van der Waals surface area (Å²) in [4.78, 5) is 224. The van der Waals surface area contributed by atoms with Gasteiger partial charge >= 0.3 is 0 Å². The van der Waals surface area contributed by atoms with Gasteiger partial charge in [0.2, 0.25) is 70.9 Å². The molecule has 0 radical (unpaired) electrons. The van der Waals surface area contributed by atoms with Crippen LogP contribution < -0.4 is 10.6 Å². The SMILES string of the molecule is CC[C@H](C)[C@@H]1NC(=O)[C@H](C)N(C)C(=O)[C@H](CC(C)C)N(C)C(=O)CCN(C)C(=O)C[C@@H](C(=O)N(C)[C@@H](Cc2ccccc2)C(=O)C[C@@H](C)C(=O)N2CCCCC2)CC(=O)[C@H](CC(C)C)N(C)C(=O)[C@H](Cc2ccccc2)N(C)C(=O)[C@H](Cc2ccccc2)N(C)C(=O)[C@H](C)N(C)C(=O)[C@H]([C@@H](C)O)NC(=O)[C@H](CC(C)C)N(C)C1=O. The largest absolute Gasteiger partial charge is 0.391 e. The first-order valence-corrected chi connectivity index (χ1v) is 40.7. The number of benzene rings is 3. The van der Waals surface area contributed by atoms with E-state index in [2.05, 4.69) is 10.6 Å². The second kappa shape index (κ2) is 44.5. The monoisotopic (exact) mass is 1580 g/mol. The van der Waals surface area contributed by atoms with Gasteiger partial charge in [-0.2, -0.15) is 0 Å².